The van der Waals surface area contributed by atoms with E-state index < -0.39 is 0 Å². The molecular weight excluding hydrogens is 172 g/mol. The largest absolute Gasteiger partial charge is 0.315 e. The van der Waals surface area contributed by atoms with Crippen LogP contribution in [0.15, 0.2) is 0 Å². The lowest BCUT2D eigenvalue weighted by molar-refractivity contribution is 0.0623. The molecule has 0 aromatic heterocycles. The van der Waals surface area contributed by atoms with Gasteiger partial charge in [0.25, 0.3) is 0 Å². The monoisotopic (exact) mass is 198 g/mol. The zero-order valence-corrected chi connectivity index (χ0v) is 10.3. The lowest BCUT2D eigenvalue weighted by Gasteiger charge is -2.45. The van der Waals surface area contributed by atoms with Gasteiger partial charge in [0.2, 0.25) is 0 Å². The molecule has 0 amide bonds. The van der Waals surface area contributed by atoms with Gasteiger partial charge in [-0.25, -0.2) is 0 Å². The van der Waals surface area contributed by atoms with Crippen LogP contribution in [0.5, 0.6) is 0 Å². The number of nitrogens with zero attached hydrogens (tertiary/aromatic N) is 1. The quantitative estimate of drug-likeness (QED) is 0.745. The molecule has 1 N–H and O–H groups in total. The molecule has 1 aliphatic heterocycles. The Balaban J connectivity index is 2.60. The van der Waals surface area contributed by atoms with E-state index in [1.807, 2.05) is 0 Å². The molecule has 84 valence electrons. The molecule has 0 aromatic rings. The molecule has 0 aromatic carbocycles. The molecule has 14 heavy (non-hydrogen) atoms. The third kappa shape index (κ3) is 2.48. The summed E-state index contributed by atoms with van der Waals surface area (Å²) in [6.45, 7) is 9.59. The Kier molecular flexibility index (Phi) is 4.39. The predicted octanol–water partition coefficient (Wildman–Crippen LogP) is 2.25. The molecule has 2 heteroatoms. The topological polar surface area (TPSA) is 15.3 Å². The minimum atomic E-state index is 0.309. The van der Waals surface area contributed by atoms with E-state index in [4.69, 9.17) is 0 Å². The van der Waals surface area contributed by atoms with Gasteiger partial charge in [0.1, 0.15) is 0 Å². The second-order valence-corrected chi connectivity index (χ2v) is 4.95. The maximum Gasteiger partial charge on any atom is 0.0306 e. The van der Waals surface area contributed by atoms with Crippen molar-refractivity contribution in [3.05, 3.63) is 0 Å². The van der Waals surface area contributed by atoms with Crippen LogP contribution in [0.1, 0.15) is 46.5 Å². The fraction of sp³-hybridized carbons (Fsp3) is 1.00. The van der Waals surface area contributed by atoms with Crippen LogP contribution in [-0.2, 0) is 0 Å². The van der Waals surface area contributed by atoms with Crippen molar-refractivity contribution >= 4 is 0 Å². The van der Waals surface area contributed by atoms with E-state index in [-0.39, 0.29) is 0 Å². The molecule has 0 saturated carbocycles. The van der Waals surface area contributed by atoms with Gasteiger partial charge in [-0.05, 0) is 53.2 Å². The van der Waals surface area contributed by atoms with Crippen molar-refractivity contribution in [2.24, 2.45) is 0 Å². The molecule has 1 fully saturated rings. The lowest BCUT2D eigenvalue weighted by atomic mass is 9.88. The Bertz CT molecular complexity index is 156. The maximum atomic E-state index is 3.45. The van der Waals surface area contributed by atoms with Crippen molar-refractivity contribution in [2.75, 3.05) is 20.1 Å². The first-order valence-electron chi connectivity index (χ1n) is 6.05. The summed E-state index contributed by atoms with van der Waals surface area (Å²) in [5, 5.41) is 3.45. The third-order valence-corrected chi connectivity index (χ3v) is 3.78. The molecule has 0 radical (unpaired) electrons. The van der Waals surface area contributed by atoms with Gasteiger partial charge in [0.05, 0.1) is 0 Å². The van der Waals surface area contributed by atoms with E-state index >= 15 is 0 Å². The van der Waals surface area contributed by atoms with Crippen LogP contribution < -0.4 is 5.32 Å². The fourth-order valence-electron chi connectivity index (χ4n) is 2.75. The fourth-order valence-corrected chi connectivity index (χ4v) is 2.75. The highest BCUT2D eigenvalue weighted by molar-refractivity contribution is 4.93. The Morgan fingerprint density at radius 2 is 1.79 bits per heavy atom. The summed E-state index contributed by atoms with van der Waals surface area (Å²) in [6, 6.07) is 0.612. The van der Waals surface area contributed by atoms with Crippen LogP contribution in [0.3, 0.4) is 0 Å². The smallest absolute Gasteiger partial charge is 0.0306 e. The first kappa shape index (κ1) is 12.0. The normalized spacial score (nSPS) is 22.3. The Labute approximate surface area is 89.1 Å². The molecule has 0 bridgehead atoms. The van der Waals surface area contributed by atoms with Crippen LogP contribution in [-0.4, -0.2) is 36.6 Å². The van der Waals surface area contributed by atoms with Crippen molar-refractivity contribution in [3.8, 4) is 0 Å². The van der Waals surface area contributed by atoms with Gasteiger partial charge in [-0.3, -0.25) is 4.90 Å². The summed E-state index contributed by atoms with van der Waals surface area (Å²) in [5.74, 6) is 0. The molecule has 1 atom stereocenters. The van der Waals surface area contributed by atoms with Gasteiger partial charge >= 0.3 is 0 Å². The zero-order valence-electron chi connectivity index (χ0n) is 10.3. The Hall–Kier alpha value is -0.0800. The van der Waals surface area contributed by atoms with Gasteiger partial charge in [0, 0.05) is 11.6 Å². The number of likely N-dealkylation sites (N-methyl/N-ethyl adjacent to an activating group) is 1. The number of rotatable bonds is 4. The molecule has 1 rings (SSSR count). The Morgan fingerprint density at radius 1 is 1.21 bits per heavy atom. The van der Waals surface area contributed by atoms with Gasteiger partial charge in [0.15, 0.2) is 0 Å². The maximum absolute atomic E-state index is 3.45. The summed E-state index contributed by atoms with van der Waals surface area (Å²) in [7, 11) is 2.08. The first-order valence-corrected chi connectivity index (χ1v) is 6.05. The van der Waals surface area contributed by atoms with E-state index in [1.165, 1.54) is 38.8 Å². The zero-order chi connectivity index (χ0) is 10.6. The van der Waals surface area contributed by atoms with Crippen LogP contribution in [0.2, 0.25) is 0 Å². The minimum Gasteiger partial charge on any atom is -0.315 e. The molecule has 1 saturated heterocycles. The average Bonchev–Trinajstić information content (AvgIpc) is 2.20. The molecule has 1 aliphatic rings. The summed E-state index contributed by atoms with van der Waals surface area (Å²) >= 11 is 0. The Morgan fingerprint density at radius 3 is 2.21 bits per heavy atom. The van der Waals surface area contributed by atoms with E-state index in [9.17, 15) is 0 Å². The molecule has 1 unspecified atom stereocenters. The van der Waals surface area contributed by atoms with Crippen LogP contribution >= 0.6 is 0 Å². The summed E-state index contributed by atoms with van der Waals surface area (Å²) in [6.07, 6.45) is 5.39. The van der Waals surface area contributed by atoms with Gasteiger partial charge in [-0.2, -0.15) is 0 Å². The molecule has 0 aliphatic carbocycles. The molecule has 1 heterocycles. The van der Waals surface area contributed by atoms with Crippen LogP contribution in [0.4, 0.5) is 0 Å². The SMILES string of the molecule is CCC(NC)C(C)(C)N1CCCCC1. The standard InChI is InChI=1S/C12H26N2/c1-5-11(13-4)12(2,3)14-9-7-6-8-10-14/h11,13H,5-10H2,1-4H3. The van der Waals surface area contributed by atoms with Gasteiger partial charge in [-0.15, -0.1) is 0 Å². The highest BCUT2D eigenvalue weighted by Crippen LogP contribution is 2.24. The van der Waals surface area contributed by atoms with Crippen molar-refractivity contribution < 1.29 is 0 Å². The number of hydrogen-bond donors (Lipinski definition) is 1. The van der Waals surface area contributed by atoms with Crippen molar-refractivity contribution in [1.29, 1.82) is 0 Å². The van der Waals surface area contributed by atoms with E-state index in [0.29, 0.717) is 11.6 Å². The van der Waals surface area contributed by atoms with Gasteiger partial charge in [-0.1, -0.05) is 13.3 Å². The van der Waals surface area contributed by atoms with Crippen LogP contribution in [0, 0.1) is 0 Å². The third-order valence-electron chi connectivity index (χ3n) is 3.78. The van der Waals surface area contributed by atoms with E-state index in [2.05, 4.69) is 38.0 Å². The first-order chi connectivity index (χ1) is 6.62. The lowest BCUT2D eigenvalue weighted by Crippen LogP contribution is -2.58. The van der Waals surface area contributed by atoms with E-state index in [0.717, 1.165) is 0 Å². The van der Waals surface area contributed by atoms with Crippen molar-refractivity contribution in [1.82, 2.24) is 10.2 Å². The molecule has 0 spiro atoms. The summed E-state index contributed by atoms with van der Waals surface area (Å²) in [4.78, 5) is 2.65. The summed E-state index contributed by atoms with van der Waals surface area (Å²) in [5.41, 5.74) is 0.309. The van der Waals surface area contributed by atoms with Gasteiger partial charge < -0.3 is 5.32 Å². The van der Waals surface area contributed by atoms with Crippen molar-refractivity contribution in [2.45, 2.75) is 58.0 Å². The molecule has 2 nitrogen and oxygen atoms in total. The van der Waals surface area contributed by atoms with Crippen LogP contribution in [0.25, 0.3) is 0 Å². The van der Waals surface area contributed by atoms with E-state index in [1.54, 1.807) is 0 Å². The molecular formula is C12H26N2. The highest BCUT2D eigenvalue weighted by Gasteiger charge is 2.33. The summed E-state index contributed by atoms with van der Waals surface area (Å²) < 4.78 is 0. The number of hydrogen-bond acceptors (Lipinski definition) is 2. The minimum absolute atomic E-state index is 0.309. The highest BCUT2D eigenvalue weighted by atomic mass is 15.2. The number of likely N-dealkylation sites (tertiary alicyclic amines) is 1. The average molecular weight is 198 g/mol. The number of nitrogens with one attached hydrogen (secondary N) is 1. The predicted molar refractivity (Wildman–Crippen MR) is 62.6 cm³/mol. The van der Waals surface area contributed by atoms with Crippen molar-refractivity contribution in [3.63, 3.8) is 0 Å². The second kappa shape index (κ2) is 5.13. The second-order valence-electron chi connectivity index (χ2n) is 4.95. The number of piperidine rings is 1.